The van der Waals surface area contributed by atoms with Gasteiger partial charge in [0.05, 0.1) is 29.0 Å². The van der Waals surface area contributed by atoms with Gasteiger partial charge in [-0.25, -0.2) is 9.78 Å². The average molecular weight is 419 g/mol. The number of cyclic esters (lactones) is 1. The highest BCUT2D eigenvalue weighted by Crippen LogP contribution is 2.39. The van der Waals surface area contributed by atoms with Gasteiger partial charge >= 0.3 is 5.97 Å². The molecule has 7 heteroatoms. The van der Waals surface area contributed by atoms with Crippen molar-refractivity contribution < 1.29 is 14.6 Å². The first-order chi connectivity index (χ1) is 14.7. The van der Waals surface area contributed by atoms with Crippen molar-refractivity contribution in [1.82, 2.24) is 14.5 Å². The molecule has 0 radical (unpaired) electrons. The van der Waals surface area contributed by atoms with Crippen LogP contribution in [0.3, 0.4) is 0 Å². The predicted octanol–water partition coefficient (Wildman–Crippen LogP) is 2.45. The zero-order valence-electron chi connectivity index (χ0n) is 18.2. The quantitative estimate of drug-likeness (QED) is 0.514. The summed E-state index contributed by atoms with van der Waals surface area (Å²) < 4.78 is 6.80. The van der Waals surface area contributed by atoms with Crippen LogP contribution in [0.25, 0.3) is 22.3 Å². The molecular weight excluding hydrogens is 394 g/mol. The Kier molecular flexibility index (Phi) is 4.32. The zero-order valence-corrected chi connectivity index (χ0v) is 18.2. The van der Waals surface area contributed by atoms with Gasteiger partial charge in [0, 0.05) is 23.1 Å². The lowest BCUT2D eigenvalue weighted by atomic mass is 9.86. The molecule has 1 aromatic carbocycles. The summed E-state index contributed by atoms with van der Waals surface area (Å²) in [5.41, 5.74) is 4.26. The Morgan fingerprint density at radius 1 is 1.26 bits per heavy atom. The highest BCUT2D eigenvalue weighted by Gasteiger charge is 2.45. The van der Waals surface area contributed by atoms with Gasteiger partial charge in [-0.3, -0.25) is 4.79 Å². The number of benzene rings is 1. The fraction of sp³-hybridized carbons (Fsp3) is 0.375. The Morgan fingerprint density at radius 2 is 2.03 bits per heavy atom. The van der Waals surface area contributed by atoms with Crippen LogP contribution < -0.4 is 5.56 Å². The molecule has 7 nitrogen and oxygen atoms in total. The third-order valence-corrected chi connectivity index (χ3v) is 6.51. The van der Waals surface area contributed by atoms with Crippen molar-refractivity contribution in [3.63, 3.8) is 0 Å². The number of carbonyl (C=O) groups excluding carboxylic acids is 1. The van der Waals surface area contributed by atoms with Crippen LogP contribution in [0.2, 0.25) is 0 Å². The van der Waals surface area contributed by atoms with Crippen molar-refractivity contribution in [1.29, 1.82) is 0 Å². The molecule has 1 atom stereocenters. The molecule has 2 aliphatic rings. The zero-order chi connectivity index (χ0) is 22.1. The number of ether oxygens (including phenoxy) is 1. The minimum Gasteiger partial charge on any atom is -0.458 e. The van der Waals surface area contributed by atoms with Gasteiger partial charge in [0.1, 0.15) is 6.61 Å². The molecule has 0 amide bonds. The lowest BCUT2D eigenvalue weighted by molar-refractivity contribution is -0.172. The number of nitrogens with zero attached hydrogens (tertiary/aromatic N) is 3. The SMILES string of the molecule is CC[C@@]1(O)C(=O)OCc2c1cc1n(c2=O)Cc2cc3c(CN(C)C)c(C)ccc3nc2-1. The normalized spacial score (nSPS) is 19.4. The van der Waals surface area contributed by atoms with Crippen molar-refractivity contribution in [3.05, 3.63) is 62.4 Å². The van der Waals surface area contributed by atoms with E-state index in [-0.39, 0.29) is 18.6 Å². The van der Waals surface area contributed by atoms with Crippen LogP contribution in [0.15, 0.2) is 29.1 Å². The van der Waals surface area contributed by atoms with Crippen molar-refractivity contribution >= 4 is 16.9 Å². The monoisotopic (exact) mass is 419 g/mol. The number of aliphatic hydroxyl groups is 1. The van der Waals surface area contributed by atoms with Crippen LogP contribution >= 0.6 is 0 Å². The van der Waals surface area contributed by atoms with Gasteiger partial charge in [0.2, 0.25) is 0 Å². The van der Waals surface area contributed by atoms with Gasteiger partial charge in [0.25, 0.3) is 5.56 Å². The van der Waals surface area contributed by atoms with Gasteiger partial charge in [-0.05, 0) is 56.8 Å². The largest absolute Gasteiger partial charge is 0.458 e. The van der Waals surface area contributed by atoms with Crippen LogP contribution in [0, 0.1) is 6.92 Å². The molecule has 0 bridgehead atoms. The summed E-state index contributed by atoms with van der Waals surface area (Å²) in [7, 11) is 4.08. The van der Waals surface area contributed by atoms with E-state index in [2.05, 4.69) is 24.0 Å². The summed E-state index contributed by atoms with van der Waals surface area (Å²) in [6.45, 7) is 4.89. The predicted molar refractivity (Wildman–Crippen MR) is 117 cm³/mol. The molecule has 160 valence electrons. The highest BCUT2D eigenvalue weighted by atomic mass is 16.6. The van der Waals surface area contributed by atoms with Gasteiger partial charge in [0.15, 0.2) is 5.60 Å². The molecular formula is C24H25N3O4. The summed E-state index contributed by atoms with van der Waals surface area (Å²) in [5, 5.41) is 12.1. The van der Waals surface area contributed by atoms with Crippen LogP contribution in [-0.4, -0.2) is 39.6 Å². The van der Waals surface area contributed by atoms with E-state index >= 15 is 0 Å². The smallest absolute Gasteiger partial charge is 0.343 e. The van der Waals surface area contributed by atoms with E-state index < -0.39 is 11.6 Å². The summed E-state index contributed by atoms with van der Waals surface area (Å²) in [4.78, 5) is 32.6. The number of carbonyl (C=O) groups is 1. The van der Waals surface area contributed by atoms with Crippen molar-refractivity contribution in [3.8, 4) is 11.4 Å². The maximum atomic E-state index is 13.3. The molecule has 31 heavy (non-hydrogen) atoms. The number of fused-ring (bicyclic) bond motifs is 5. The van der Waals surface area contributed by atoms with E-state index in [9.17, 15) is 14.7 Å². The second-order valence-corrected chi connectivity index (χ2v) is 8.76. The van der Waals surface area contributed by atoms with Crippen LogP contribution in [0.5, 0.6) is 0 Å². The second kappa shape index (κ2) is 6.73. The Labute approximate surface area is 179 Å². The Bertz CT molecular complexity index is 1320. The molecule has 0 aliphatic carbocycles. The number of hydrogen-bond acceptors (Lipinski definition) is 6. The second-order valence-electron chi connectivity index (χ2n) is 8.76. The van der Waals surface area contributed by atoms with Gasteiger partial charge in [-0.1, -0.05) is 13.0 Å². The topological polar surface area (TPSA) is 84.7 Å². The molecule has 0 saturated heterocycles. The fourth-order valence-corrected chi connectivity index (χ4v) is 4.75. The highest BCUT2D eigenvalue weighted by molar-refractivity contribution is 5.88. The average Bonchev–Trinajstić information content (AvgIpc) is 3.10. The number of rotatable bonds is 3. The fourth-order valence-electron chi connectivity index (χ4n) is 4.75. The van der Waals surface area contributed by atoms with Crippen LogP contribution in [-0.2, 0) is 34.8 Å². The van der Waals surface area contributed by atoms with Crippen molar-refractivity contribution in [2.75, 3.05) is 14.1 Å². The first-order valence-corrected chi connectivity index (χ1v) is 10.5. The van der Waals surface area contributed by atoms with Gasteiger partial charge < -0.3 is 19.3 Å². The lowest BCUT2D eigenvalue weighted by Crippen LogP contribution is -2.44. The first kappa shape index (κ1) is 19.9. The summed E-state index contributed by atoms with van der Waals surface area (Å²) in [6, 6.07) is 7.95. The molecule has 5 rings (SSSR count). The lowest BCUT2D eigenvalue weighted by Gasteiger charge is -2.31. The van der Waals surface area contributed by atoms with E-state index in [1.165, 1.54) is 11.1 Å². The molecule has 0 unspecified atom stereocenters. The van der Waals surface area contributed by atoms with E-state index in [1.807, 2.05) is 20.2 Å². The summed E-state index contributed by atoms with van der Waals surface area (Å²) in [5.74, 6) is -0.708. The maximum absolute atomic E-state index is 13.3. The molecule has 2 aliphatic heterocycles. The molecule has 2 aromatic heterocycles. The summed E-state index contributed by atoms with van der Waals surface area (Å²) >= 11 is 0. The third kappa shape index (κ3) is 2.77. The molecule has 4 heterocycles. The van der Waals surface area contributed by atoms with Crippen LogP contribution in [0.4, 0.5) is 0 Å². The summed E-state index contributed by atoms with van der Waals surface area (Å²) in [6.07, 6.45) is 0.132. The Balaban J connectivity index is 1.75. The van der Waals surface area contributed by atoms with Crippen molar-refractivity contribution in [2.24, 2.45) is 0 Å². The molecule has 1 N–H and O–H groups in total. The third-order valence-electron chi connectivity index (χ3n) is 6.51. The maximum Gasteiger partial charge on any atom is 0.343 e. The number of aryl methyl sites for hydroxylation is 1. The standard InChI is InChI=1S/C24H25N3O4/c1-5-24(30)18-9-20-21-14(10-27(20)22(28)17(18)12-31-23(24)29)8-15-16(11-26(3)4)13(2)6-7-19(15)25-21/h6-9,30H,5,10-12H2,1-4H3/t24-/m0/s1. The van der Waals surface area contributed by atoms with E-state index in [0.29, 0.717) is 23.4 Å². The number of hydrogen-bond donors (Lipinski definition) is 1. The number of aromatic nitrogens is 2. The molecule has 0 saturated carbocycles. The minimum atomic E-state index is -1.81. The Hall–Kier alpha value is -3.03. The van der Waals surface area contributed by atoms with Crippen molar-refractivity contribution in [2.45, 2.75) is 45.6 Å². The minimum absolute atomic E-state index is 0.118. The molecule has 0 fully saturated rings. The van der Waals surface area contributed by atoms with E-state index in [1.54, 1.807) is 17.6 Å². The number of pyridine rings is 2. The van der Waals surface area contributed by atoms with Gasteiger partial charge in [-0.15, -0.1) is 0 Å². The van der Waals surface area contributed by atoms with Crippen LogP contribution in [0.1, 0.15) is 41.2 Å². The number of esters is 1. The van der Waals surface area contributed by atoms with Gasteiger partial charge in [-0.2, -0.15) is 0 Å². The van der Waals surface area contributed by atoms with E-state index in [0.717, 1.165) is 28.7 Å². The Morgan fingerprint density at radius 3 is 2.74 bits per heavy atom. The molecule has 0 spiro atoms. The van der Waals surface area contributed by atoms with E-state index in [4.69, 9.17) is 9.72 Å². The molecule has 3 aromatic rings. The first-order valence-electron chi connectivity index (χ1n) is 10.5.